The van der Waals surface area contributed by atoms with Crippen LogP contribution in [0.2, 0.25) is 0 Å². The lowest BCUT2D eigenvalue weighted by molar-refractivity contribution is 0.252. The number of thiophene rings is 1. The number of nitrogens with zero attached hydrogens (tertiary/aromatic N) is 1. The van der Waals surface area contributed by atoms with Crippen LogP contribution in [-0.4, -0.2) is 10.6 Å². The molecule has 0 bridgehead atoms. The molecule has 0 saturated carbocycles. The first kappa shape index (κ1) is 19.3. The van der Waals surface area contributed by atoms with E-state index in [-0.39, 0.29) is 6.03 Å². The van der Waals surface area contributed by atoms with Gasteiger partial charge in [0.05, 0.1) is 10.6 Å². The number of urea groups is 1. The van der Waals surface area contributed by atoms with Crippen molar-refractivity contribution in [2.45, 2.75) is 33.9 Å². The van der Waals surface area contributed by atoms with Crippen molar-refractivity contribution in [2.75, 3.05) is 5.32 Å². The Kier molecular flexibility index (Phi) is 5.41. The maximum absolute atomic E-state index is 12.6. The van der Waals surface area contributed by atoms with Crippen LogP contribution in [0.4, 0.5) is 10.5 Å². The van der Waals surface area contributed by atoms with Crippen LogP contribution in [0.15, 0.2) is 60.0 Å². The van der Waals surface area contributed by atoms with Gasteiger partial charge in [-0.25, -0.2) is 4.79 Å². The number of benzene rings is 2. The minimum Gasteiger partial charge on any atom is -0.340 e. The zero-order valence-corrected chi connectivity index (χ0v) is 17.8. The number of carbonyl (C=O) groups excluding carboxylic acids is 1. The molecule has 4 aromatic rings. The second-order valence-corrected chi connectivity index (χ2v) is 8.07. The quantitative estimate of drug-likeness (QED) is 0.402. The van der Waals surface area contributed by atoms with E-state index in [1.165, 1.54) is 21.5 Å². The first-order valence-electron chi connectivity index (χ1n) is 9.85. The Bertz CT molecular complexity index is 1160. The third-order valence-electron chi connectivity index (χ3n) is 5.43. The topological polar surface area (TPSA) is 46.1 Å². The van der Waals surface area contributed by atoms with Gasteiger partial charge in [-0.15, -0.1) is 11.3 Å². The SMILES string of the molecule is CCn1c(-c2cccs2)c(CNC(=O)Nc2cccc(C)c2C)c2ccccc21. The molecular formula is C24H25N3OS. The Morgan fingerprint density at radius 3 is 2.62 bits per heavy atom. The Morgan fingerprint density at radius 2 is 1.86 bits per heavy atom. The predicted octanol–water partition coefficient (Wildman–Crippen LogP) is 6.33. The molecule has 29 heavy (non-hydrogen) atoms. The van der Waals surface area contributed by atoms with Crippen molar-refractivity contribution in [1.29, 1.82) is 0 Å². The fourth-order valence-corrected chi connectivity index (χ4v) is 4.61. The summed E-state index contributed by atoms with van der Waals surface area (Å²) in [5, 5.41) is 9.34. The fourth-order valence-electron chi connectivity index (χ4n) is 3.80. The number of nitrogens with one attached hydrogen (secondary N) is 2. The van der Waals surface area contributed by atoms with Gasteiger partial charge in [0.25, 0.3) is 0 Å². The van der Waals surface area contributed by atoms with Gasteiger partial charge in [-0.3, -0.25) is 0 Å². The Morgan fingerprint density at radius 1 is 1.03 bits per heavy atom. The monoisotopic (exact) mass is 403 g/mol. The van der Waals surface area contributed by atoms with Gasteiger partial charge in [-0.2, -0.15) is 0 Å². The normalized spacial score (nSPS) is 11.0. The number of hydrogen-bond acceptors (Lipinski definition) is 2. The van der Waals surface area contributed by atoms with Crippen molar-refractivity contribution in [3.8, 4) is 10.6 Å². The van der Waals surface area contributed by atoms with Gasteiger partial charge in [-0.1, -0.05) is 36.4 Å². The van der Waals surface area contributed by atoms with E-state index < -0.39 is 0 Å². The summed E-state index contributed by atoms with van der Waals surface area (Å²) in [5.74, 6) is 0. The van der Waals surface area contributed by atoms with E-state index in [0.29, 0.717) is 6.54 Å². The lowest BCUT2D eigenvalue weighted by atomic mass is 10.1. The zero-order chi connectivity index (χ0) is 20.4. The van der Waals surface area contributed by atoms with Gasteiger partial charge >= 0.3 is 6.03 Å². The summed E-state index contributed by atoms with van der Waals surface area (Å²) in [5.41, 5.74) is 6.64. The number of hydrogen-bond donors (Lipinski definition) is 2. The largest absolute Gasteiger partial charge is 0.340 e. The highest BCUT2D eigenvalue weighted by atomic mass is 32.1. The number of carbonyl (C=O) groups is 1. The van der Waals surface area contributed by atoms with Gasteiger partial charge in [0, 0.05) is 35.2 Å². The molecule has 0 atom stereocenters. The summed E-state index contributed by atoms with van der Waals surface area (Å²) in [6.07, 6.45) is 0. The van der Waals surface area contributed by atoms with Gasteiger partial charge in [-0.05, 0) is 55.5 Å². The molecule has 2 amide bonds. The van der Waals surface area contributed by atoms with Crippen LogP contribution in [0.5, 0.6) is 0 Å². The number of para-hydroxylation sites is 1. The highest BCUT2D eigenvalue weighted by Gasteiger charge is 2.19. The average Bonchev–Trinajstić information content (AvgIpc) is 3.35. The summed E-state index contributed by atoms with van der Waals surface area (Å²) in [7, 11) is 0. The molecule has 2 N–H and O–H groups in total. The van der Waals surface area contributed by atoms with Gasteiger partial charge in [0.1, 0.15) is 0 Å². The molecule has 0 aliphatic rings. The molecule has 0 spiro atoms. The number of fused-ring (bicyclic) bond motifs is 1. The summed E-state index contributed by atoms with van der Waals surface area (Å²) in [6, 6.07) is 18.4. The van der Waals surface area contributed by atoms with E-state index in [0.717, 1.165) is 28.9 Å². The number of anilines is 1. The molecule has 4 nitrogen and oxygen atoms in total. The van der Waals surface area contributed by atoms with Gasteiger partial charge in [0.15, 0.2) is 0 Å². The average molecular weight is 404 g/mol. The summed E-state index contributed by atoms with van der Waals surface area (Å²) in [4.78, 5) is 13.9. The Balaban J connectivity index is 1.65. The molecule has 0 radical (unpaired) electrons. The smallest absolute Gasteiger partial charge is 0.319 e. The van der Waals surface area contributed by atoms with E-state index in [2.05, 4.69) is 63.9 Å². The predicted molar refractivity (Wildman–Crippen MR) is 123 cm³/mol. The van der Waals surface area contributed by atoms with Crippen molar-refractivity contribution in [3.05, 3.63) is 76.7 Å². The Labute approximate surface area is 175 Å². The number of aryl methyl sites for hydroxylation is 2. The highest BCUT2D eigenvalue weighted by Crippen LogP contribution is 2.36. The third-order valence-corrected chi connectivity index (χ3v) is 6.30. The minimum atomic E-state index is -0.191. The van der Waals surface area contributed by atoms with Crippen molar-refractivity contribution >= 4 is 34.0 Å². The summed E-state index contributed by atoms with van der Waals surface area (Å²) in [6.45, 7) is 7.58. The molecule has 0 fully saturated rings. The van der Waals surface area contributed by atoms with Crippen LogP contribution in [-0.2, 0) is 13.1 Å². The van der Waals surface area contributed by atoms with Crippen LogP contribution in [0, 0.1) is 13.8 Å². The van der Waals surface area contributed by atoms with E-state index in [1.807, 2.05) is 32.0 Å². The zero-order valence-electron chi connectivity index (χ0n) is 17.0. The van der Waals surface area contributed by atoms with Crippen molar-refractivity contribution in [1.82, 2.24) is 9.88 Å². The van der Waals surface area contributed by atoms with Crippen LogP contribution in [0.3, 0.4) is 0 Å². The standard InChI is InChI=1S/C24H25N3OS/c1-4-27-21-12-6-5-10-18(21)19(23(27)22-13-8-14-29-22)15-25-24(28)26-20-11-7-9-16(2)17(20)3/h5-14H,4,15H2,1-3H3,(H2,25,26,28). The van der Waals surface area contributed by atoms with E-state index in [4.69, 9.17) is 0 Å². The van der Waals surface area contributed by atoms with Gasteiger partial charge < -0.3 is 15.2 Å². The molecule has 2 aromatic carbocycles. The lowest BCUT2D eigenvalue weighted by Crippen LogP contribution is -2.28. The number of aromatic nitrogens is 1. The molecule has 0 unspecified atom stereocenters. The van der Waals surface area contributed by atoms with Crippen LogP contribution >= 0.6 is 11.3 Å². The maximum atomic E-state index is 12.6. The second-order valence-electron chi connectivity index (χ2n) is 7.12. The molecular weight excluding hydrogens is 378 g/mol. The second kappa shape index (κ2) is 8.13. The molecule has 0 aliphatic heterocycles. The first-order chi connectivity index (χ1) is 14.1. The van der Waals surface area contributed by atoms with E-state index in [9.17, 15) is 4.79 Å². The van der Waals surface area contributed by atoms with Crippen molar-refractivity contribution < 1.29 is 4.79 Å². The lowest BCUT2D eigenvalue weighted by Gasteiger charge is -2.12. The molecule has 0 saturated heterocycles. The van der Waals surface area contributed by atoms with Crippen LogP contribution < -0.4 is 10.6 Å². The van der Waals surface area contributed by atoms with E-state index in [1.54, 1.807) is 11.3 Å². The number of amides is 2. The number of rotatable bonds is 5. The third kappa shape index (κ3) is 3.66. The molecule has 0 aliphatic carbocycles. The Hall–Kier alpha value is -3.05. The molecule has 148 valence electrons. The van der Waals surface area contributed by atoms with Crippen LogP contribution in [0.25, 0.3) is 21.5 Å². The van der Waals surface area contributed by atoms with E-state index >= 15 is 0 Å². The van der Waals surface area contributed by atoms with Gasteiger partial charge in [0.2, 0.25) is 0 Å². The minimum absolute atomic E-state index is 0.191. The first-order valence-corrected chi connectivity index (χ1v) is 10.7. The summed E-state index contributed by atoms with van der Waals surface area (Å²) >= 11 is 1.73. The van der Waals surface area contributed by atoms with Crippen LogP contribution in [0.1, 0.15) is 23.6 Å². The fraction of sp³-hybridized carbons (Fsp3) is 0.208. The molecule has 4 rings (SSSR count). The highest BCUT2D eigenvalue weighted by molar-refractivity contribution is 7.13. The van der Waals surface area contributed by atoms with Crippen molar-refractivity contribution in [3.63, 3.8) is 0 Å². The summed E-state index contributed by atoms with van der Waals surface area (Å²) < 4.78 is 2.33. The molecule has 2 heterocycles. The van der Waals surface area contributed by atoms with Crippen molar-refractivity contribution in [2.24, 2.45) is 0 Å². The maximum Gasteiger partial charge on any atom is 0.319 e. The molecule has 2 aromatic heterocycles. The molecule has 5 heteroatoms.